The van der Waals surface area contributed by atoms with E-state index in [0.29, 0.717) is 17.3 Å². The standard InChI is InChI=1S/C15H26N4O/c1-9(2)10(3)17-14(20)11-7-12(15(4,5)6)18-13(8-11)19-16/h7-10H,16H2,1-6H3,(H,17,20)(H,18,19). The third-order valence-electron chi connectivity index (χ3n) is 3.36. The Kier molecular flexibility index (Phi) is 5.11. The van der Waals surface area contributed by atoms with E-state index in [1.165, 1.54) is 0 Å². The summed E-state index contributed by atoms with van der Waals surface area (Å²) in [6, 6.07) is 3.60. The van der Waals surface area contributed by atoms with Crippen molar-refractivity contribution in [2.75, 3.05) is 5.43 Å². The first-order chi connectivity index (χ1) is 9.15. The van der Waals surface area contributed by atoms with E-state index in [1.54, 1.807) is 6.07 Å². The van der Waals surface area contributed by atoms with Crippen LogP contribution in [0, 0.1) is 5.92 Å². The van der Waals surface area contributed by atoms with Crippen molar-refractivity contribution in [3.8, 4) is 0 Å². The fraction of sp³-hybridized carbons (Fsp3) is 0.600. The lowest BCUT2D eigenvalue weighted by molar-refractivity contribution is 0.0930. The topological polar surface area (TPSA) is 80.0 Å². The maximum Gasteiger partial charge on any atom is 0.251 e. The molecule has 0 aromatic carbocycles. The lowest BCUT2D eigenvalue weighted by Gasteiger charge is -2.21. The number of hydrogen-bond donors (Lipinski definition) is 3. The summed E-state index contributed by atoms with van der Waals surface area (Å²) in [6.45, 7) is 12.3. The van der Waals surface area contributed by atoms with Crippen LogP contribution in [-0.4, -0.2) is 16.9 Å². The highest BCUT2D eigenvalue weighted by Crippen LogP contribution is 2.23. The highest BCUT2D eigenvalue weighted by atomic mass is 16.1. The molecule has 1 aromatic heterocycles. The fourth-order valence-corrected chi connectivity index (χ4v) is 1.58. The lowest BCUT2D eigenvalue weighted by Crippen LogP contribution is -2.36. The molecule has 0 aliphatic rings. The van der Waals surface area contributed by atoms with Gasteiger partial charge in [0.15, 0.2) is 0 Å². The molecule has 1 amide bonds. The summed E-state index contributed by atoms with van der Waals surface area (Å²) >= 11 is 0. The van der Waals surface area contributed by atoms with Crippen molar-refractivity contribution in [1.82, 2.24) is 10.3 Å². The quantitative estimate of drug-likeness (QED) is 0.584. The van der Waals surface area contributed by atoms with Crippen LogP contribution in [0.3, 0.4) is 0 Å². The molecule has 0 aliphatic carbocycles. The van der Waals surface area contributed by atoms with Crippen molar-refractivity contribution in [2.45, 2.75) is 53.0 Å². The molecule has 112 valence electrons. The van der Waals surface area contributed by atoms with Crippen LogP contribution in [0.4, 0.5) is 5.82 Å². The number of carbonyl (C=O) groups excluding carboxylic acids is 1. The van der Waals surface area contributed by atoms with E-state index in [2.05, 4.69) is 29.6 Å². The molecule has 1 aromatic rings. The maximum atomic E-state index is 12.3. The van der Waals surface area contributed by atoms with Crippen molar-refractivity contribution in [1.29, 1.82) is 0 Å². The zero-order valence-corrected chi connectivity index (χ0v) is 13.2. The zero-order chi connectivity index (χ0) is 15.5. The fourth-order valence-electron chi connectivity index (χ4n) is 1.58. The average molecular weight is 278 g/mol. The summed E-state index contributed by atoms with van der Waals surface area (Å²) < 4.78 is 0. The molecular formula is C15H26N4O. The van der Waals surface area contributed by atoms with Crippen molar-refractivity contribution >= 4 is 11.7 Å². The Labute approximate surface area is 121 Å². The number of rotatable bonds is 4. The molecule has 0 bridgehead atoms. The predicted molar refractivity (Wildman–Crippen MR) is 82.5 cm³/mol. The molecule has 1 atom stereocenters. The number of nitrogens with zero attached hydrogens (tertiary/aromatic N) is 1. The molecule has 20 heavy (non-hydrogen) atoms. The van der Waals surface area contributed by atoms with Crippen LogP contribution < -0.4 is 16.6 Å². The van der Waals surface area contributed by atoms with Crippen LogP contribution in [0.15, 0.2) is 12.1 Å². The van der Waals surface area contributed by atoms with Gasteiger partial charge in [-0.25, -0.2) is 10.8 Å². The molecule has 4 N–H and O–H groups in total. The van der Waals surface area contributed by atoms with E-state index in [1.807, 2.05) is 33.8 Å². The third-order valence-corrected chi connectivity index (χ3v) is 3.36. The monoisotopic (exact) mass is 278 g/mol. The number of amides is 1. The van der Waals surface area contributed by atoms with Gasteiger partial charge >= 0.3 is 0 Å². The van der Waals surface area contributed by atoms with Crippen molar-refractivity contribution in [3.63, 3.8) is 0 Å². The SMILES string of the molecule is CC(C)C(C)NC(=O)c1cc(NN)nc(C(C)(C)C)c1. The minimum absolute atomic E-state index is 0.101. The summed E-state index contributed by atoms with van der Waals surface area (Å²) in [5.41, 5.74) is 3.78. The summed E-state index contributed by atoms with van der Waals surface area (Å²) in [6.07, 6.45) is 0. The predicted octanol–water partition coefficient (Wildman–Crippen LogP) is 2.44. The van der Waals surface area contributed by atoms with Crippen LogP contribution in [0.25, 0.3) is 0 Å². The van der Waals surface area contributed by atoms with E-state index in [9.17, 15) is 4.79 Å². The number of hydrogen-bond acceptors (Lipinski definition) is 4. The average Bonchev–Trinajstić information content (AvgIpc) is 2.36. The lowest BCUT2D eigenvalue weighted by atomic mass is 9.90. The van der Waals surface area contributed by atoms with Gasteiger partial charge in [-0.3, -0.25) is 4.79 Å². The molecule has 1 rings (SSSR count). The van der Waals surface area contributed by atoms with E-state index >= 15 is 0 Å². The molecule has 0 saturated carbocycles. The van der Waals surface area contributed by atoms with E-state index in [4.69, 9.17) is 5.84 Å². The molecule has 0 radical (unpaired) electrons. The molecule has 5 nitrogen and oxygen atoms in total. The second-order valence-electron chi connectivity index (χ2n) is 6.53. The highest BCUT2D eigenvalue weighted by molar-refractivity contribution is 5.95. The Morgan fingerprint density at radius 3 is 2.30 bits per heavy atom. The normalized spacial score (nSPS) is 13.2. The number of carbonyl (C=O) groups is 1. The number of anilines is 1. The Morgan fingerprint density at radius 2 is 1.85 bits per heavy atom. The van der Waals surface area contributed by atoms with Crippen LogP contribution in [0.1, 0.15) is 57.6 Å². The number of hydrazine groups is 1. The number of aromatic nitrogens is 1. The third kappa shape index (κ3) is 4.20. The van der Waals surface area contributed by atoms with Gasteiger partial charge in [-0.05, 0) is 25.0 Å². The number of nitrogens with two attached hydrogens (primary N) is 1. The first kappa shape index (κ1) is 16.4. The Bertz CT molecular complexity index is 477. The second-order valence-corrected chi connectivity index (χ2v) is 6.53. The van der Waals surface area contributed by atoms with Gasteiger partial charge in [0.25, 0.3) is 5.91 Å². The van der Waals surface area contributed by atoms with Gasteiger partial charge in [-0.2, -0.15) is 0 Å². The van der Waals surface area contributed by atoms with Gasteiger partial charge in [0.2, 0.25) is 0 Å². The summed E-state index contributed by atoms with van der Waals surface area (Å²) in [4.78, 5) is 16.7. The molecule has 0 saturated heterocycles. The van der Waals surface area contributed by atoms with Gasteiger partial charge in [0.1, 0.15) is 5.82 Å². The summed E-state index contributed by atoms with van der Waals surface area (Å²) in [5, 5.41) is 2.99. The largest absolute Gasteiger partial charge is 0.349 e. The Balaban J connectivity index is 3.08. The number of pyridine rings is 1. The van der Waals surface area contributed by atoms with Gasteiger partial charge in [0, 0.05) is 22.7 Å². The minimum atomic E-state index is -0.147. The molecule has 1 unspecified atom stereocenters. The van der Waals surface area contributed by atoms with E-state index < -0.39 is 0 Å². The first-order valence-electron chi connectivity index (χ1n) is 6.95. The van der Waals surface area contributed by atoms with Crippen molar-refractivity contribution in [2.24, 2.45) is 11.8 Å². The summed E-state index contributed by atoms with van der Waals surface area (Å²) in [5.74, 6) is 6.22. The zero-order valence-electron chi connectivity index (χ0n) is 13.2. The molecular weight excluding hydrogens is 252 g/mol. The Hall–Kier alpha value is -1.62. The van der Waals surface area contributed by atoms with E-state index in [-0.39, 0.29) is 17.4 Å². The minimum Gasteiger partial charge on any atom is -0.349 e. The van der Waals surface area contributed by atoms with E-state index in [0.717, 1.165) is 5.69 Å². The van der Waals surface area contributed by atoms with Crippen LogP contribution in [-0.2, 0) is 5.41 Å². The number of nitrogens with one attached hydrogen (secondary N) is 2. The maximum absolute atomic E-state index is 12.3. The second kappa shape index (κ2) is 6.22. The van der Waals surface area contributed by atoms with Gasteiger partial charge in [-0.15, -0.1) is 0 Å². The van der Waals surface area contributed by atoms with Gasteiger partial charge in [-0.1, -0.05) is 34.6 Å². The van der Waals surface area contributed by atoms with Crippen molar-refractivity contribution in [3.05, 3.63) is 23.4 Å². The molecule has 5 heteroatoms. The van der Waals surface area contributed by atoms with Crippen LogP contribution >= 0.6 is 0 Å². The smallest absolute Gasteiger partial charge is 0.251 e. The van der Waals surface area contributed by atoms with Crippen LogP contribution in [0.2, 0.25) is 0 Å². The Morgan fingerprint density at radius 1 is 1.25 bits per heavy atom. The molecule has 1 heterocycles. The molecule has 0 aliphatic heterocycles. The molecule has 0 fully saturated rings. The summed E-state index contributed by atoms with van der Waals surface area (Å²) in [7, 11) is 0. The van der Waals surface area contributed by atoms with Crippen molar-refractivity contribution < 1.29 is 4.79 Å². The van der Waals surface area contributed by atoms with Crippen LogP contribution in [0.5, 0.6) is 0 Å². The van der Waals surface area contributed by atoms with Gasteiger partial charge in [0.05, 0.1) is 0 Å². The highest BCUT2D eigenvalue weighted by Gasteiger charge is 2.20. The first-order valence-corrected chi connectivity index (χ1v) is 6.95. The number of nitrogen functional groups attached to an aromatic ring is 1. The van der Waals surface area contributed by atoms with Gasteiger partial charge < -0.3 is 10.7 Å². The molecule has 0 spiro atoms.